The van der Waals surface area contributed by atoms with Crippen molar-refractivity contribution in [3.63, 3.8) is 0 Å². The van der Waals surface area contributed by atoms with Crippen molar-refractivity contribution in [1.82, 2.24) is 9.80 Å². The van der Waals surface area contributed by atoms with Crippen LogP contribution in [0, 0.1) is 0 Å². The van der Waals surface area contributed by atoms with Crippen molar-refractivity contribution in [2.24, 2.45) is 0 Å². The molecule has 2 rings (SSSR count). The van der Waals surface area contributed by atoms with E-state index in [0.29, 0.717) is 11.3 Å². The van der Waals surface area contributed by atoms with Crippen molar-refractivity contribution in [1.29, 1.82) is 0 Å². The van der Waals surface area contributed by atoms with Crippen LogP contribution in [-0.2, 0) is 4.79 Å². The third kappa shape index (κ3) is 3.67. The number of rotatable bonds is 6. The minimum Gasteiger partial charge on any atom is -0.335 e. The van der Waals surface area contributed by atoms with Gasteiger partial charge in [-0.2, -0.15) is 0 Å². The van der Waals surface area contributed by atoms with Crippen LogP contribution in [0.1, 0.15) is 34.1 Å². The van der Waals surface area contributed by atoms with E-state index in [2.05, 4.69) is 0 Å². The Morgan fingerprint density at radius 3 is 2.08 bits per heavy atom. The predicted octanol–water partition coefficient (Wildman–Crippen LogP) is 3.09. The van der Waals surface area contributed by atoms with E-state index in [9.17, 15) is 23.2 Å². The van der Waals surface area contributed by atoms with Gasteiger partial charge in [0.05, 0.1) is 27.7 Å². The lowest BCUT2D eigenvalue weighted by atomic mass is 10.1. The maximum atomic E-state index is 12.6. The number of carbonyl (C=O) groups is 3. The van der Waals surface area contributed by atoms with Gasteiger partial charge in [-0.25, -0.2) is 8.78 Å². The lowest BCUT2D eigenvalue weighted by Gasteiger charge is -2.24. The molecule has 1 aliphatic heterocycles. The fourth-order valence-electron chi connectivity index (χ4n) is 2.42. The summed E-state index contributed by atoms with van der Waals surface area (Å²) in [5.74, 6) is -2.12. The van der Waals surface area contributed by atoms with Gasteiger partial charge < -0.3 is 4.90 Å². The molecule has 5 nitrogen and oxygen atoms in total. The number of carbonyl (C=O) groups excluding carboxylic acids is 3. The van der Waals surface area contributed by atoms with Gasteiger partial charge in [0.25, 0.3) is 18.2 Å². The Kier molecular flexibility index (Phi) is 5.77. The van der Waals surface area contributed by atoms with Crippen molar-refractivity contribution >= 4 is 40.9 Å². The minimum absolute atomic E-state index is 0.0399. The van der Waals surface area contributed by atoms with Crippen LogP contribution in [-0.4, -0.2) is 53.6 Å². The molecule has 0 bridgehead atoms. The number of fused-ring (bicyclic) bond motifs is 1. The van der Waals surface area contributed by atoms with Crippen LogP contribution in [0.3, 0.4) is 0 Å². The number of halogens is 4. The SMILES string of the molecule is CCCN(CC(F)F)C(=O)CN1C(=O)c2cc(Cl)c(Cl)cc2C1=O. The Balaban J connectivity index is 2.20. The molecule has 0 saturated heterocycles. The van der Waals surface area contributed by atoms with E-state index in [0.717, 1.165) is 4.90 Å². The van der Waals surface area contributed by atoms with Gasteiger partial charge in [0, 0.05) is 6.54 Å². The van der Waals surface area contributed by atoms with Gasteiger partial charge in [-0.15, -0.1) is 0 Å². The molecule has 1 heterocycles. The zero-order valence-corrected chi connectivity index (χ0v) is 14.2. The molecule has 9 heteroatoms. The van der Waals surface area contributed by atoms with E-state index in [1.165, 1.54) is 12.1 Å². The average molecular weight is 379 g/mol. The van der Waals surface area contributed by atoms with E-state index in [4.69, 9.17) is 23.2 Å². The fraction of sp³-hybridized carbons (Fsp3) is 0.400. The highest BCUT2D eigenvalue weighted by molar-refractivity contribution is 6.43. The first-order valence-corrected chi connectivity index (χ1v) is 7.93. The van der Waals surface area contributed by atoms with Crippen molar-refractivity contribution in [2.75, 3.05) is 19.6 Å². The Morgan fingerprint density at radius 2 is 1.67 bits per heavy atom. The molecule has 24 heavy (non-hydrogen) atoms. The highest BCUT2D eigenvalue weighted by Crippen LogP contribution is 2.31. The molecular formula is C15H14Cl2F2N2O3. The Morgan fingerprint density at radius 1 is 1.17 bits per heavy atom. The lowest BCUT2D eigenvalue weighted by molar-refractivity contribution is -0.133. The molecule has 3 amide bonds. The van der Waals surface area contributed by atoms with Crippen LogP contribution in [0.4, 0.5) is 8.78 Å². The van der Waals surface area contributed by atoms with Gasteiger partial charge in [0.15, 0.2) is 0 Å². The molecule has 0 N–H and O–H groups in total. The first-order chi connectivity index (χ1) is 11.3. The normalized spacial score (nSPS) is 13.7. The molecule has 0 atom stereocenters. The van der Waals surface area contributed by atoms with E-state index >= 15 is 0 Å². The summed E-state index contributed by atoms with van der Waals surface area (Å²) >= 11 is 11.7. The minimum atomic E-state index is -2.69. The summed E-state index contributed by atoms with van der Waals surface area (Å²) in [7, 11) is 0. The molecule has 0 unspecified atom stereocenters. The van der Waals surface area contributed by atoms with E-state index < -0.39 is 37.2 Å². The summed E-state index contributed by atoms with van der Waals surface area (Å²) < 4.78 is 25.1. The Labute approximate surface area is 147 Å². The van der Waals surface area contributed by atoms with Gasteiger partial charge in [-0.05, 0) is 18.6 Å². The molecule has 130 valence electrons. The summed E-state index contributed by atoms with van der Waals surface area (Å²) in [4.78, 5) is 38.4. The second-order valence-corrected chi connectivity index (χ2v) is 6.05. The monoisotopic (exact) mass is 378 g/mol. The first-order valence-electron chi connectivity index (χ1n) is 7.17. The molecule has 1 aliphatic rings. The number of nitrogens with zero attached hydrogens (tertiary/aromatic N) is 2. The van der Waals surface area contributed by atoms with Crippen molar-refractivity contribution < 1.29 is 23.2 Å². The fourth-order valence-corrected chi connectivity index (χ4v) is 2.74. The zero-order chi connectivity index (χ0) is 18.0. The van der Waals surface area contributed by atoms with Gasteiger partial charge in [-0.1, -0.05) is 30.1 Å². The van der Waals surface area contributed by atoms with Crippen molar-refractivity contribution in [2.45, 2.75) is 19.8 Å². The summed E-state index contributed by atoms with van der Waals surface area (Å²) in [6.07, 6.45) is -2.22. The van der Waals surface area contributed by atoms with E-state index in [-0.39, 0.29) is 27.7 Å². The molecule has 0 spiro atoms. The molecule has 0 aromatic heterocycles. The molecule has 1 aromatic carbocycles. The second-order valence-electron chi connectivity index (χ2n) is 5.24. The highest BCUT2D eigenvalue weighted by atomic mass is 35.5. The molecule has 0 aliphatic carbocycles. The number of hydrogen-bond donors (Lipinski definition) is 0. The van der Waals surface area contributed by atoms with Crippen molar-refractivity contribution in [3.8, 4) is 0 Å². The Bertz CT molecular complexity index is 657. The average Bonchev–Trinajstić information content (AvgIpc) is 2.72. The summed E-state index contributed by atoms with van der Waals surface area (Å²) in [6.45, 7) is 0.504. The third-order valence-corrected chi connectivity index (χ3v) is 4.23. The number of imide groups is 1. The largest absolute Gasteiger partial charge is 0.335 e. The molecule has 0 radical (unpaired) electrons. The molecule has 0 saturated carbocycles. The molecular weight excluding hydrogens is 365 g/mol. The number of hydrogen-bond acceptors (Lipinski definition) is 3. The second kappa shape index (κ2) is 7.44. The number of benzene rings is 1. The van der Waals surface area contributed by atoms with Crippen LogP contribution in [0.2, 0.25) is 10.0 Å². The van der Waals surface area contributed by atoms with E-state index in [1.54, 1.807) is 6.92 Å². The van der Waals surface area contributed by atoms with Gasteiger partial charge in [-0.3, -0.25) is 19.3 Å². The number of alkyl halides is 2. The van der Waals surface area contributed by atoms with Crippen LogP contribution < -0.4 is 0 Å². The maximum Gasteiger partial charge on any atom is 0.262 e. The van der Waals surface area contributed by atoms with E-state index in [1.807, 2.05) is 0 Å². The van der Waals surface area contributed by atoms with Crippen LogP contribution in [0.25, 0.3) is 0 Å². The van der Waals surface area contributed by atoms with Crippen molar-refractivity contribution in [3.05, 3.63) is 33.3 Å². The Hall–Kier alpha value is -1.73. The third-order valence-electron chi connectivity index (χ3n) is 3.51. The van der Waals surface area contributed by atoms with Crippen LogP contribution in [0.15, 0.2) is 12.1 Å². The maximum absolute atomic E-state index is 12.6. The topological polar surface area (TPSA) is 57.7 Å². The summed E-state index contributed by atoms with van der Waals surface area (Å²) in [6, 6.07) is 2.51. The summed E-state index contributed by atoms with van der Waals surface area (Å²) in [5, 5.41) is 0.213. The molecule has 0 fully saturated rings. The standard InChI is InChI=1S/C15H14Cl2F2N2O3/c1-2-3-20(6-12(18)19)13(22)7-21-14(23)8-4-10(16)11(17)5-9(8)15(21)24/h4-5,12H,2-3,6-7H2,1H3. The van der Waals surface area contributed by atoms with Crippen LogP contribution >= 0.6 is 23.2 Å². The smallest absolute Gasteiger partial charge is 0.262 e. The van der Waals surface area contributed by atoms with Crippen LogP contribution in [0.5, 0.6) is 0 Å². The number of amides is 3. The highest BCUT2D eigenvalue weighted by Gasteiger charge is 2.38. The van der Waals surface area contributed by atoms with Gasteiger partial charge >= 0.3 is 0 Å². The van der Waals surface area contributed by atoms with Gasteiger partial charge in [0.2, 0.25) is 5.91 Å². The zero-order valence-electron chi connectivity index (χ0n) is 12.7. The quantitative estimate of drug-likeness (QED) is 0.714. The van der Waals surface area contributed by atoms with Gasteiger partial charge in [0.1, 0.15) is 6.54 Å². The summed E-state index contributed by atoms with van der Waals surface area (Å²) in [5.41, 5.74) is 0.0798. The lowest BCUT2D eigenvalue weighted by Crippen LogP contribution is -2.44. The predicted molar refractivity (Wildman–Crippen MR) is 84.7 cm³/mol. The first kappa shape index (κ1) is 18.6. The molecule has 1 aromatic rings.